The number of nitrogens with zero attached hydrogens (tertiary/aromatic N) is 9. The second-order valence-electron chi connectivity index (χ2n) is 16.0. The Kier molecular flexibility index (Phi) is 10.1. The summed E-state index contributed by atoms with van der Waals surface area (Å²) < 4.78 is 18.3. The third kappa shape index (κ3) is 7.30. The summed E-state index contributed by atoms with van der Waals surface area (Å²) in [5.41, 5.74) is 6.95. The molecule has 14 nitrogen and oxygen atoms in total. The molecule has 3 atom stereocenters. The molecule has 0 aromatic carbocycles. The molecule has 0 unspecified atom stereocenters. The van der Waals surface area contributed by atoms with E-state index in [1.54, 1.807) is 4.90 Å². The summed E-state index contributed by atoms with van der Waals surface area (Å²) in [5.74, 6) is 1.43. The fourth-order valence-electron chi connectivity index (χ4n) is 8.39. The van der Waals surface area contributed by atoms with E-state index >= 15 is 0 Å². The van der Waals surface area contributed by atoms with Crippen LogP contribution in [0.3, 0.4) is 0 Å². The molecule has 7 rings (SSSR count). The summed E-state index contributed by atoms with van der Waals surface area (Å²) in [6.07, 6.45) is 6.64. The van der Waals surface area contributed by atoms with Gasteiger partial charge >= 0.3 is 12.1 Å². The fourth-order valence-corrected chi connectivity index (χ4v) is 9.58. The number of aryl methyl sites for hydroxylation is 1. The molecule has 2 N–H and O–H groups in total. The Labute approximate surface area is 310 Å². The average molecular weight is 733 g/mol. The summed E-state index contributed by atoms with van der Waals surface area (Å²) in [6, 6.07) is 5.28. The van der Waals surface area contributed by atoms with Crippen LogP contribution >= 0.6 is 11.3 Å². The minimum absolute atomic E-state index is 0.136. The Hall–Kier alpha value is -4.00. The lowest BCUT2D eigenvalue weighted by Gasteiger charge is -2.39. The van der Waals surface area contributed by atoms with Gasteiger partial charge in [0.25, 0.3) is 0 Å². The van der Waals surface area contributed by atoms with Gasteiger partial charge in [0.1, 0.15) is 34.3 Å². The van der Waals surface area contributed by atoms with Gasteiger partial charge in [-0.25, -0.2) is 4.79 Å². The first-order chi connectivity index (χ1) is 24.8. The molecule has 1 aliphatic carbocycles. The van der Waals surface area contributed by atoms with Gasteiger partial charge in [0.15, 0.2) is 0 Å². The summed E-state index contributed by atoms with van der Waals surface area (Å²) in [7, 11) is 2.20. The van der Waals surface area contributed by atoms with Crippen molar-refractivity contribution in [3.8, 4) is 23.6 Å². The van der Waals surface area contributed by atoms with E-state index in [1.165, 1.54) is 24.2 Å². The molecule has 52 heavy (non-hydrogen) atoms. The highest BCUT2D eigenvalue weighted by molar-refractivity contribution is 7.16. The number of thiophene rings is 1. The molecular formula is C37H52N10O4S. The fraction of sp³-hybridized carbons (Fsp3) is 0.676. The van der Waals surface area contributed by atoms with Crippen LogP contribution in [-0.4, -0.2) is 118 Å². The molecule has 6 heterocycles. The molecule has 3 aliphatic heterocycles. The number of aromatic nitrogens is 4. The number of anilines is 2. The van der Waals surface area contributed by atoms with Crippen molar-refractivity contribution < 1.29 is 18.8 Å². The second-order valence-corrected chi connectivity index (χ2v) is 17.2. The van der Waals surface area contributed by atoms with Gasteiger partial charge in [-0.3, -0.25) is 4.90 Å². The van der Waals surface area contributed by atoms with Gasteiger partial charge in [-0.2, -0.15) is 20.2 Å². The smallest absolute Gasteiger partial charge is 0.410 e. The maximum absolute atomic E-state index is 12.8. The highest BCUT2D eigenvalue weighted by Crippen LogP contribution is 2.48. The van der Waals surface area contributed by atoms with Crippen LogP contribution in [0.4, 0.5) is 15.6 Å². The van der Waals surface area contributed by atoms with Gasteiger partial charge in [-0.15, -0.1) is 11.3 Å². The molecule has 0 saturated carbocycles. The van der Waals surface area contributed by atoms with E-state index in [2.05, 4.69) is 46.8 Å². The predicted molar refractivity (Wildman–Crippen MR) is 199 cm³/mol. The van der Waals surface area contributed by atoms with Gasteiger partial charge in [-0.05, 0) is 106 Å². The molecule has 3 aromatic rings. The number of rotatable bonds is 7. The van der Waals surface area contributed by atoms with Crippen LogP contribution in [0, 0.1) is 11.3 Å². The number of nitrogen functional groups attached to an aromatic ring is 1. The minimum Gasteiger partial charge on any atom is -0.459 e. The first-order valence-electron chi connectivity index (χ1n) is 18.7. The molecule has 3 saturated heterocycles. The molecule has 0 bridgehead atoms. The van der Waals surface area contributed by atoms with E-state index in [-0.39, 0.29) is 24.2 Å². The van der Waals surface area contributed by atoms with Crippen molar-refractivity contribution in [1.29, 1.82) is 5.26 Å². The quantitative estimate of drug-likeness (QED) is 0.343. The van der Waals surface area contributed by atoms with Gasteiger partial charge in [0.05, 0.1) is 11.0 Å². The SMILES string of the molecule is C[C@H](Oc1nc(-c2noc([C@@]3(C)CCCc4sc(N)c(C#N)c43)n2)cc(N2CCN(C(=O)OC(C)(C)C)CC2)n1)[C@@H]1CCCN1C1CCN(C)CC1. The number of nitriles is 1. The molecule has 4 aliphatic rings. The zero-order valence-electron chi connectivity index (χ0n) is 31.4. The van der Waals surface area contributed by atoms with E-state index in [9.17, 15) is 10.1 Å². The number of piperazine rings is 1. The Morgan fingerprint density at radius 1 is 1.10 bits per heavy atom. The minimum atomic E-state index is -0.653. The summed E-state index contributed by atoms with van der Waals surface area (Å²) in [4.78, 5) is 37.6. The normalized spacial score (nSPS) is 24.1. The van der Waals surface area contributed by atoms with Crippen molar-refractivity contribution in [1.82, 2.24) is 34.8 Å². The van der Waals surface area contributed by atoms with E-state index < -0.39 is 11.0 Å². The van der Waals surface area contributed by atoms with Crippen molar-refractivity contribution in [2.45, 2.75) is 109 Å². The first kappa shape index (κ1) is 36.4. The second kappa shape index (κ2) is 14.4. The predicted octanol–water partition coefficient (Wildman–Crippen LogP) is 5.07. The Balaban J connectivity index is 1.17. The lowest BCUT2D eigenvalue weighted by Crippen LogP contribution is -2.50. The van der Waals surface area contributed by atoms with Crippen LogP contribution in [0.2, 0.25) is 0 Å². The summed E-state index contributed by atoms with van der Waals surface area (Å²) >= 11 is 1.48. The summed E-state index contributed by atoms with van der Waals surface area (Å²) in [6.45, 7) is 15.2. The molecule has 3 fully saturated rings. The number of carbonyl (C=O) groups is 1. The lowest BCUT2D eigenvalue weighted by molar-refractivity contribution is 0.0240. The van der Waals surface area contributed by atoms with Crippen LogP contribution in [0.1, 0.15) is 95.0 Å². The van der Waals surface area contributed by atoms with E-state index in [0.29, 0.717) is 66.0 Å². The molecule has 0 radical (unpaired) electrons. The van der Waals surface area contributed by atoms with Crippen molar-refractivity contribution in [3.63, 3.8) is 0 Å². The molecule has 280 valence electrons. The van der Waals surface area contributed by atoms with E-state index in [1.807, 2.05) is 26.8 Å². The molecule has 15 heteroatoms. The van der Waals surface area contributed by atoms with Crippen molar-refractivity contribution in [3.05, 3.63) is 28.0 Å². The van der Waals surface area contributed by atoms with Gasteiger partial charge in [-0.1, -0.05) is 5.16 Å². The topological polar surface area (TPSA) is 163 Å². The monoisotopic (exact) mass is 732 g/mol. The number of amides is 1. The number of fused-ring (bicyclic) bond motifs is 1. The number of hydrogen-bond donors (Lipinski definition) is 1. The number of piperidine rings is 1. The number of nitrogens with two attached hydrogens (primary N) is 1. The van der Waals surface area contributed by atoms with Crippen molar-refractivity contribution in [2.75, 3.05) is 63.5 Å². The van der Waals surface area contributed by atoms with Crippen LogP contribution in [0.5, 0.6) is 6.01 Å². The highest BCUT2D eigenvalue weighted by atomic mass is 32.1. The Morgan fingerprint density at radius 2 is 1.85 bits per heavy atom. The third-order valence-electron chi connectivity index (χ3n) is 11.2. The van der Waals surface area contributed by atoms with Crippen LogP contribution < -0.4 is 15.4 Å². The van der Waals surface area contributed by atoms with Gasteiger partial charge in [0, 0.05) is 54.8 Å². The first-order valence-corrected chi connectivity index (χ1v) is 19.5. The number of hydrogen-bond acceptors (Lipinski definition) is 14. The van der Waals surface area contributed by atoms with Crippen LogP contribution in [0.15, 0.2) is 10.6 Å². The Morgan fingerprint density at radius 3 is 2.56 bits per heavy atom. The van der Waals surface area contributed by atoms with Gasteiger partial charge in [0.2, 0.25) is 11.7 Å². The molecule has 3 aromatic heterocycles. The van der Waals surface area contributed by atoms with Gasteiger partial charge < -0.3 is 34.4 Å². The van der Waals surface area contributed by atoms with Crippen molar-refractivity contribution >= 4 is 28.2 Å². The van der Waals surface area contributed by atoms with E-state index in [4.69, 9.17) is 34.7 Å². The maximum atomic E-state index is 12.8. The van der Waals surface area contributed by atoms with Crippen molar-refractivity contribution in [2.24, 2.45) is 0 Å². The number of carbonyl (C=O) groups excluding carboxylic acids is 1. The molecular weight excluding hydrogens is 681 g/mol. The lowest BCUT2D eigenvalue weighted by atomic mass is 9.72. The van der Waals surface area contributed by atoms with Crippen LogP contribution in [-0.2, 0) is 16.6 Å². The third-order valence-corrected chi connectivity index (χ3v) is 12.2. The molecule has 1 amide bonds. The number of likely N-dealkylation sites (tertiary alicyclic amines) is 2. The standard InChI is InChI=1S/C37H52N10O4S/c1-23(27-9-8-14-47(27)24-11-15-44(6)16-12-24)49-34-40-26(21-29(41-34)45-17-19-46(20-18-45)35(48)50-36(2,3)4)32-42-33(51-43-32)37(5)13-7-10-28-30(37)25(22-38)31(39)52-28/h21,23-24,27H,7-20,39H2,1-6H3/t23-,27-,37-/m0/s1. The van der Waals surface area contributed by atoms with E-state index in [0.717, 1.165) is 62.2 Å². The Bertz CT molecular complexity index is 1800. The van der Waals surface area contributed by atoms with Crippen LogP contribution in [0.25, 0.3) is 11.5 Å². The molecule has 0 spiro atoms. The maximum Gasteiger partial charge on any atom is 0.410 e. The zero-order chi connectivity index (χ0) is 36.8. The number of ether oxygens (including phenoxy) is 2. The summed E-state index contributed by atoms with van der Waals surface area (Å²) in [5, 5.41) is 15.0. The largest absolute Gasteiger partial charge is 0.459 e. The average Bonchev–Trinajstić information content (AvgIpc) is 3.87. The highest BCUT2D eigenvalue weighted by Gasteiger charge is 2.43. The zero-order valence-corrected chi connectivity index (χ0v) is 32.2.